The molecular weight excluding hydrogens is 468 g/mol. The van der Waals surface area contributed by atoms with Crippen molar-refractivity contribution in [1.29, 1.82) is 0 Å². The van der Waals surface area contributed by atoms with E-state index in [0.717, 1.165) is 44.7 Å². The van der Waals surface area contributed by atoms with Crippen LogP contribution in [0.4, 0.5) is 10.7 Å². The van der Waals surface area contributed by atoms with Crippen LogP contribution >= 0.6 is 27.3 Å². The maximum atomic E-state index is 12.6. The molecule has 0 saturated carbocycles. The van der Waals surface area contributed by atoms with Gasteiger partial charge in [0.15, 0.2) is 0 Å². The number of rotatable bonds is 6. The summed E-state index contributed by atoms with van der Waals surface area (Å²) in [5, 5.41) is 3.11. The van der Waals surface area contributed by atoms with Gasteiger partial charge in [-0.05, 0) is 49.1 Å². The third-order valence-electron chi connectivity index (χ3n) is 4.37. The Bertz CT molecular complexity index is 1020. The molecule has 1 heterocycles. The highest BCUT2D eigenvalue weighted by atomic mass is 79.9. The Morgan fingerprint density at radius 3 is 2.54 bits per heavy atom. The molecule has 150 valence electrons. The Morgan fingerprint density at radius 1 is 1.25 bits per heavy atom. The molecule has 0 atom stereocenters. The normalized spacial score (nSPS) is 13.1. The standard InChI is InChI=1S/C18H19BrN2O5S2/c1-26-18(23)16-13-4-3-5-14(13)27-17(16)20-15(22)10-21(28(2,24)25)12-8-6-11(19)7-9-12/h6-9H,3-5,10H2,1-2H3,(H,20,22). The summed E-state index contributed by atoms with van der Waals surface area (Å²) in [5.74, 6) is -1.03. The fourth-order valence-electron chi connectivity index (χ4n) is 3.11. The smallest absolute Gasteiger partial charge is 0.341 e. The van der Waals surface area contributed by atoms with Crippen molar-refractivity contribution in [1.82, 2.24) is 0 Å². The number of carbonyl (C=O) groups is 2. The van der Waals surface area contributed by atoms with Gasteiger partial charge in [-0.3, -0.25) is 9.10 Å². The Labute approximate surface area is 175 Å². The minimum Gasteiger partial charge on any atom is -0.465 e. The van der Waals surface area contributed by atoms with Gasteiger partial charge in [-0.2, -0.15) is 0 Å². The molecule has 28 heavy (non-hydrogen) atoms. The molecule has 1 aliphatic rings. The highest BCUT2D eigenvalue weighted by Crippen LogP contribution is 2.39. The van der Waals surface area contributed by atoms with E-state index >= 15 is 0 Å². The van der Waals surface area contributed by atoms with Gasteiger partial charge < -0.3 is 10.1 Å². The van der Waals surface area contributed by atoms with Crippen LogP contribution in [-0.4, -0.2) is 40.2 Å². The van der Waals surface area contributed by atoms with Crippen molar-refractivity contribution in [2.24, 2.45) is 0 Å². The van der Waals surface area contributed by atoms with E-state index in [4.69, 9.17) is 4.74 Å². The van der Waals surface area contributed by atoms with E-state index in [-0.39, 0.29) is 0 Å². The van der Waals surface area contributed by atoms with Crippen LogP contribution in [0.3, 0.4) is 0 Å². The first-order valence-corrected chi connectivity index (χ1v) is 11.9. The van der Waals surface area contributed by atoms with Gasteiger partial charge >= 0.3 is 5.97 Å². The minimum atomic E-state index is -3.68. The lowest BCUT2D eigenvalue weighted by Crippen LogP contribution is -2.37. The molecule has 1 aliphatic carbocycles. The van der Waals surface area contributed by atoms with Crippen molar-refractivity contribution in [3.63, 3.8) is 0 Å². The predicted molar refractivity (Wildman–Crippen MR) is 113 cm³/mol. The van der Waals surface area contributed by atoms with Crippen LogP contribution in [0.1, 0.15) is 27.2 Å². The van der Waals surface area contributed by atoms with E-state index in [0.29, 0.717) is 16.3 Å². The van der Waals surface area contributed by atoms with E-state index in [1.807, 2.05) is 0 Å². The largest absolute Gasteiger partial charge is 0.465 e. The van der Waals surface area contributed by atoms with Crippen LogP contribution < -0.4 is 9.62 Å². The van der Waals surface area contributed by atoms with E-state index in [1.54, 1.807) is 24.3 Å². The first-order chi connectivity index (χ1) is 13.2. The number of nitrogens with zero attached hydrogens (tertiary/aromatic N) is 1. The predicted octanol–water partition coefficient (Wildman–Crippen LogP) is 3.19. The molecule has 0 saturated heterocycles. The summed E-state index contributed by atoms with van der Waals surface area (Å²) >= 11 is 4.65. The zero-order valence-corrected chi connectivity index (χ0v) is 18.5. The van der Waals surface area contributed by atoms with Crippen molar-refractivity contribution in [3.05, 3.63) is 44.7 Å². The Morgan fingerprint density at radius 2 is 1.93 bits per heavy atom. The third kappa shape index (κ3) is 4.39. The van der Waals surface area contributed by atoms with E-state index in [9.17, 15) is 18.0 Å². The lowest BCUT2D eigenvalue weighted by atomic mass is 10.1. The van der Waals surface area contributed by atoms with Gasteiger partial charge in [0.05, 0.1) is 24.6 Å². The highest BCUT2D eigenvalue weighted by Gasteiger charge is 2.29. The molecule has 1 N–H and O–H groups in total. The SMILES string of the molecule is COC(=O)c1c(NC(=O)CN(c2ccc(Br)cc2)S(C)(=O)=O)sc2c1CCC2. The van der Waals surface area contributed by atoms with E-state index < -0.39 is 28.4 Å². The summed E-state index contributed by atoms with van der Waals surface area (Å²) in [6, 6.07) is 6.62. The number of hydrogen-bond acceptors (Lipinski definition) is 6. The van der Waals surface area contributed by atoms with Crippen molar-refractivity contribution < 1.29 is 22.7 Å². The molecule has 0 fully saturated rings. The molecule has 0 unspecified atom stereocenters. The van der Waals surface area contributed by atoms with Crippen LogP contribution in [-0.2, 0) is 32.4 Å². The molecule has 3 rings (SSSR count). The highest BCUT2D eigenvalue weighted by molar-refractivity contribution is 9.10. The quantitative estimate of drug-likeness (QED) is 0.632. The van der Waals surface area contributed by atoms with Crippen LogP contribution in [0, 0.1) is 0 Å². The topological polar surface area (TPSA) is 92.8 Å². The van der Waals surface area contributed by atoms with Crippen LogP contribution in [0.15, 0.2) is 28.7 Å². The number of ether oxygens (including phenoxy) is 1. The zero-order chi connectivity index (χ0) is 20.5. The molecule has 1 amide bonds. The number of thiophene rings is 1. The second kappa shape index (κ2) is 8.22. The summed E-state index contributed by atoms with van der Waals surface area (Å²) in [7, 11) is -2.38. The molecule has 0 spiro atoms. The number of methoxy groups -OCH3 is 1. The molecule has 0 bridgehead atoms. The third-order valence-corrected chi connectivity index (χ3v) is 7.24. The van der Waals surface area contributed by atoms with E-state index in [1.165, 1.54) is 18.4 Å². The number of halogens is 1. The number of amides is 1. The number of carbonyl (C=O) groups excluding carboxylic acids is 2. The van der Waals surface area contributed by atoms with Gasteiger partial charge in [-0.25, -0.2) is 13.2 Å². The number of nitrogens with one attached hydrogen (secondary N) is 1. The first kappa shape index (κ1) is 20.8. The van der Waals surface area contributed by atoms with Gasteiger partial charge in [0, 0.05) is 9.35 Å². The van der Waals surface area contributed by atoms with Crippen molar-refractivity contribution in [2.45, 2.75) is 19.3 Å². The number of sulfonamides is 1. The number of fused-ring (bicyclic) bond motifs is 1. The Kier molecular flexibility index (Phi) is 6.11. The van der Waals surface area contributed by atoms with Gasteiger partial charge in [0.2, 0.25) is 15.9 Å². The van der Waals surface area contributed by atoms with Crippen LogP contribution in [0.2, 0.25) is 0 Å². The number of hydrogen-bond donors (Lipinski definition) is 1. The molecule has 10 heteroatoms. The molecule has 0 radical (unpaired) electrons. The zero-order valence-electron chi connectivity index (χ0n) is 15.3. The average molecular weight is 487 g/mol. The monoisotopic (exact) mass is 486 g/mol. The second-order valence-electron chi connectivity index (χ2n) is 6.35. The summed E-state index contributed by atoms with van der Waals surface area (Å²) in [6.07, 6.45) is 3.63. The summed E-state index contributed by atoms with van der Waals surface area (Å²) < 4.78 is 31.1. The lowest BCUT2D eigenvalue weighted by molar-refractivity contribution is -0.114. The van der Waals surface area contributed by atoms with Crippen molar-refractivity contribution in [3.8, 4) is 0 Å². The van der Waals surface area contributed by atoms with Gasteiger partial charge in [-0.1, -0.05) is 15.9 Å². The average Bonchev–Trinajstić information content (AvgIpc) is 3.19. The number of esters is 1. The second-order valence-corrected chi connectivity index (χ2v) is 10.3. The van der Waals surface area contributed by atoms with Gasteiger partial charge in [-0.15, -0.1) is 11.3 Å². The summed E-state index contributed by atoms with van der Waals surface area (Å²) in [4.78, 5) is 25.9. The molecule has 0 aliphatic heterocycles. The van der Waals surface area contributed by atoms with Crippen molar-refractivity contribution in [2.75, 3.05) is 29.5 Å². The maximum absolute atomic E-state index is 12.6. The Hall–Kier alpha value is -1.91. The first-order valence-electron chi connectivity index (χ1n) is 8.46. The Balaban J connectivity index is 1.84. The number of aryl methyl sites for hydroxylation is 1. The summed E-state index contributed by atoms with van der Waals surface area (Å²) in [6.45, 7) is -0.399. The molecule has 7 nitrogen and oxygen atoms in total. The van der Waals surface area contributed by atoms with Gasteiger partial charge in [0.1, 0.15) is 11.5 Å². The van der Waals surface area contributed by atoms with Gasteiger partial charge in [0.25, 0.3) is 0 Å². The number of benzene rings is 1. The van der Waals surface area contributed by atoms with Crippen LogP contribution in [0.5, 0.6) is 0 Å². The molecule has 1 aromatic heterocycles. The molecule has 1 aromatic carbocycles. The lowest BCUT2D eigenvalue weighted by Gasteiger charge is -2.22. The van der Waals surface area contributed by atoms with Crippen LogP contribution in [0.25, 0.3) is 0 Å². The maximum Gasteiger partial charge on any atom is 0.341 e. The molecular formula is C18H19BrN2O5S2. The van der Waals surface area contributed by atoms with Crippen molar-refractivity contribution >= 4 is 59.9 Å². The fourth-order valence-corrected chi connectivity index (χ4v) is 5.53. The fraction of sp³-hybridized carbons (Fsp3) is 0.333. The van der Waals surface area contributed by atoms with E-state index in [2.05, 4.69) is 21.2 Å². The number of anilines is 2. The summed E-state index contributed by atoms with van der Waals surface area (Å²) in [5.41, 5.74) is 1.67. The minimum absolute atomic E-state index is 0.378. The molecule has 2 aromatic rings.